The molecule has 0 aliphatic rings. The van der Waals surface area contributed by atoms with Crippen LogP contribution in [0, 0.1) is 5.92 Å². The average molecular weight is 686 g/mol. The van der Waals surface area contributed by atoms with Crippen LogP contribution in [0.2, 0.25) is 5.02 Å². The molecule has 0 aliphatic carbocycles. The smallest absolute Gasteiger partial charge is 0.337 e. The Morgan fingerprint density at radius 1 is 0.792 bits per heavy atom. The van der Waals surface area contributed by atoms with Crippen molar-refractivity contribution in [3.8, 4) is 11.1 Å². The van der Waals surface area contributed by atoms with E-state index < -0.39 is 47.8 Å². The van der Waals surface area contributed by atoms with Gasteiger partial charge in [-0.2, -0.15) is 0 Å². The summed E-state index contributed by atoms with van der Waals surface area (Å²) in [6.45, 7) is 2.15. The number of hydrogen-bond acceptors (Lipinski definition) is 6. The Balaban J connectivity index is 2.02. The molecule has 0 saturated carbocycles. The fourth-order valence-electron chi connectivity index (χ4n) is 5.41. The molecule has 10 nitrogen and oxygen atoms in total. The Hall–Kier alpha value is -4.02. The van der Waals surface area contributed by atoms with Crippen molar-refractivity contribution in [2.45, 2.75) is 108 Å². The Kier molecular flexibility index (Phi) is 17.6. The number of unbranched alkanes of at least 4 members (excludes halogenated alkanes) is 8. The molecule has 0 bridgehead atoms. The molecule has 48 heavy (non-hydrogen) atoms. The number of carboxylic acid groups (broad SMARTS) is 3. The first-order chi connectivity index (χ1) is 22.9. The number of halogens is 1. The van der Waals surface area contributed by atoms with Crippen LogP contribution in [0.4, 0.5) is 0 Å². The number of allylic oxidation sites excluding steroid dienone is 1. The van der Waals surface area contributed by atoms with Gasteiger partial charge in [0.15, 0.2) is 5.60 Å². The van der Waals surface area contributed by atoms with Gasteiger partial charge in [-0.1, -0.05) is 106 Å². The van der Waals surface area contributed by atoms with Crippen molar-refractivity contribution < 1.29 is 44.4 Å². The van der Waals surface area contributed by atoms with Gasteiger partial charge in [0.1, 0.15) is 11.8 Å². The molecule has 0 fully saturated rings. The van der Waals surface area contributed by atoms with Crippen LogP contribution in [0.5, 0.6) is 0 Å². The van der Waals surface area contributed by atoms with Gasteiger partial charge in [-0.15, -0.1) is 0 Å². The van der Waals surface area contributed by atoms with Crippen LogP contribution in [0.3, 0.4) is 0 Å². The first-order valence-electron chi connectivity index (χ1n) is 16.6. The minimum absolute atomic E-state index is 0.149. The van der Waals surface area contributed by atoms with E-state index in [1.807, 2.05) is 12.1 Å². The normalized spacial score (nSPS) is 13.8. The summed E-state index contributed by atoms with van der Waals surface area (Å²) in [5.41, 5.74) is -0.695. The minimum atomic E-state index is -3.02. The van der Waals surface area contributed by atoms with Crippen LogP contribution in [0.25, 0.3) is 11.1 Å². The molecule has 0 heterocycles. The molecular weight excluding hydrogens is 638 g/mol. The summed E-state index contributed by atoms with van der Waals surface area (Å²) in [4.78, 5) is 61.1. The maximum absolute atomic E-state index is 13.4. The van der Waals surface area contributed by atoms with Crippen LogP contribution in [-0.4, -0.2) is 61.7 Å². The highest BCUT2D eigenvalue weighted by Crippen LogP contribution is 2.26. The van der Waals surface area contributed by atoms with Gasteiger partial charge in [0.2, 0.25) is 5.91 Å². The van der Waals surface area contributed by atoms with Crippen LogP contribution in [-0.2, 0) is 30.4 Å². The van der Waals surface area contributed by atoms with E-state index in [1.54, 1.807) is 36.4 Å². The van der Waals surface area contributed by atoms with Crippen molar-refractivity contribution in [2.24, 2.45) is 5.92 Å². The van der Waals surface area contributed by atoms with Crippen molar-refractivity contribution in [2.75, 3.05) is 0 Å². The van der Waals surface area contributed by atoms with Gasteiger partial charge >= 0.3 is 17.9 Å². The van der Waals surface area contributed by atoms with Crippen molar-refractivity contribution >= 4 is 41.2 Å². The van der Waals surface area contributed by atoms with Gasteiger partial charge in [0.05, 0.1) is 12.3 Å². The lowest BCUT2D eigenvalue weighted by Gasteiger charge is -2.29. The number of Topliss-reactive ketones (excluding diaryl/α,β-unsaturated/α-hetero) is 1. The number of carbonyl (C=O) groups is 5. The summed E-state index contributed by atoms with van der Waals surface area (Å²) in [5.74, 6) is -7.70. The molecule has 2 aromatic carbocycles. The fourth-order valence-corrected chi connectivity index (χ4v) is 5.53. The number of benzene rings is 2. The van der Waals surface area contributed by atoms with Crippen molar-refractivity contribution in [3.05, 3.63) is 71.3 Å². The van der Waals surface area contributed by atoms with Gasteiger partial charge in [-0.05, 0) is 54.5 Å². The molecule has 2 rings (SSSR count). The van der Waals surface area contributed by atoms with E-state index in [4.69, 9.17) is 11.6 Å². The molecular formula is C37H48ClNO9. The number of aliphatic carboxylic acids is 3. The third-order valence-electron chi connectivity index (χ3n) is 8.24. The summed E-state index contributed by atoms with van der Waals surface area (Å²) in [6, 6.07) is 12.7. The first-order valence-corrected chi connectivity index (χ1v) is 17.0. The number of nitrogens with one attached hydrogen (secondary N) is 1. The quantitative estimate of drug-likeness (QED) is 0.0584. The Morgan fingerprint density at radius 2 is 1.33 bits per heavy atom. The van der Waals surface area contributed by atoms with E-state index in [-0.39, 0.29) is 12.2 Å². The Labute approximate surface area is 287 Å². The van der Waals surface area contributed by atoms with E-state index >= 15 is 0 Å². The zero-order valence-electron chi connectivity index (χ0n) is 27.5. The van der Waals surface area contributed by atoms with Crippen molar-refractivity contribution in [3.63, 3.8) is 0 Å². The maximum atomic E-state index is 13.4. The molecule has 1 amide bonds. The second-order valence-electron chi connectivity index (χ2n) is 12.2. The molecule has 11 heteroatoms. The second kappa shape index (κ2) is 21.1. The number of amides is 1. The summed E-state index contributed by atoms with van der Waals surface area (Å²) in [5, 5.41) is 42.8. The molecule has 2 aromatic rings. The summed E-state index contributed by atoms with van der Waals surface area (Å²) in [7, 11) is 0. The third-order valence-corrected chi connectivity index (χ3v) is 8.49. The topological polar surface area (TPSA) is 178 Å². The lowest BCUT2D eigenvalue weighted by atomic mass is 9.82. The third kappa shape index (κ3) is 14.0. The van der Waals surface area contributed by atoms with Crippen LogP contribution >= 0.6 is 11.6 Å². The number of ketones is 1. The molecule has 0 unspecified atom stereocenters. The molecule has 0 radical (unpaired) electrons. The summed E-state index contributed by atoms with van der Waals surface area (Å²) < 4.78 is 0. The molecule has 0 aliphatic heterocycles. The van der Waals surface area contributed by atoms with Gasteiger partial charge in [0, 0.05) is 24.3 Å². The lowest BCUT2D eigenvalue weighted by molar-refractivity contribution is -0.172. The van der Waals surface area contributed by atoms with Gasteiger partial charge in [-0.25, -0.2) is 9.59 Å². The minimum Gasteiger partial charge on any atom is -0.481 e. The van der Waals surface area contributed by atoms with E-state index in [0.717, 1.165) is 62.1 Å². The lowest BCUT2D eigenvalue weighted by Crippen LogP contribution is -2.55. The number of rotatable bonds is 24. The fraction of sp³-hybridized carbons (Fsp3) is 0.486. The molecule has 0 spiro atoms. The van der Waals surface area contributed by atoms with Crippen molar-refractivity contribution in [1.29, 1.82) is 0 Å². The highest BCUT2D eigenvalue weighted by Gasteiger charge is 2.49. The molecule has 262 valence electrons. The average Bonchev–Trinajstić information content (AvgIpc) is 3.03. The van der Waals surface area contributed by atoms with Gasteiger partial charge in [0.25, 0.3) is 0 Å². The molecule has 3 atom stereocenters. The number of hydrogen-bond donors (Lipinski definition) is 5. The predicted octanol–water partition coefficient (Wildman–Crippen LogP) is 6.85. The van der Waals surface area contributed by atoms with E-state index in [0.29, 0.717) is 36.3 Å². The van der Waals surface area contributed by atoms with E-state index in [9.17, 15) is 44.4 Å². The van der Waals surface area contributed by atoms with Crippen molar-refractivity contribution in [1.82, 2.24) is 5.32 Å². The maximum Gasteiger partial charge on any atom is 0.337 e. The zero-order chi connectivity index (χ0) is 35.5. The SMILES string of the molecule is CCCCCCCC(=O)CCCCCC/C=C/[C@H](C(=O)N[C@@H](Cc1ccc(-c2ccc(Cl)cc2)cc1)C(=O)O)[C@@](O)(CC(=O)O)C(=O)O. The Morgan fingerprint density at radius 3 is 1.85 bits per heavy atom. The van der Waals surface area contributed by atoms with Gasteiger partial charge < -0.3 is 25.7 Å². The zero-order valence-corrected chi connectivity index (χ0v) is 28.3. The van der Waals surface area contributed by atoms with Gasteiger partial charge in [-0.3, -0.25) is 14.4 Å². The highest BCUT2D eigenvalue weighted by molar-refractivity contribution is 6.30. The van der Waals surface area contributed by atoms with Crippen LogP contribution in [0.15, 0.2) is 60.7 Å². The van der Waals surface area contributed by atoms with Crippen LogP contribution < -0.4 is 5.32 Å². The summed E-state index contributed by atoms with van der Waals surface area (Å²) in [6.07, 6.45) is 11.3. The molecule has 0 aromatic heterocycles. The van der Waals surface area contributed by atoms with E-state index in [1.165, 1.54) is 12.5 Å². The standard InChI is InChI=1S/C37H48ClNO9/c1-2-3-4-7-10-13-30(40)14-11-8-5-6-9-12-15-31(37(48,36(46)47)25-33(41)42)34(43)39-32(35(44)45)24-26-16-18-27(19-17-26)28-20-22-29(38)23-21-28/h12,15-23,31-32,48H,2-11,13-14,24-25H2,1H3,(H,39,43)(H,41,42)(H,44,45)(H,46,47)/b15-12+/t31-,32+,37+/m1/s1. The number of carboxylic acids is 3. The molecule has 0 saturated heterocycles. The highest BCUT2D eigenvalue weighted by atomic mass is 35.5. The molecule has 5 N–H and O–H groups in total. The second-order valence-corrected chi connectivity index (χ2v) is 12.6. The predicted molar refractivity (Wildman–Crippen MR) is 184 cm³/mol. The first kappa shape index (κ1) is 40.2. The Bertz CT molecular complexity index is 1370. The summed E-state index contributed by atoms with van der Waals surface area (Å²) >= 11 is 5.95. The van der Waals surface area contributed by atoms with Crippen LogP contribution in [0.1, 0.15) is 96.0 Å². The largest absolute Gasteiger partial charge is 0.481 e. The monoisotopic (exact) mass is 685 g/mol. The number of carbonyl (C=O) groups excluding carboxylic acids is 2. The van der Waals surface area contributed by atoms with E-state index in [2.05, 4.69) is 12.2 Å². The number of aliphatic hydroxyl groups is 1.